The molecule has 0 amide bonds. The molecule has 0 bridgehead atoms. The van der Waals surface area contributed by atoms with Crippen LogP contribution in [0.5, 0.6) is 0 Å². The number of hydrogen-bond acceptors (Lipinski definition) is 4. The van der Waals surface area contributed by atoms with Gasteiger partial charge in [0.1, 0.15) is 17.2 Å². The van der Waals surface area contributed by atoms with Crippen LogP contribution in [0.2, 0.25) is 0 Å². The first-order valence-corrected chi connectivity index (χ1v) is 8.45. The van der Waals surface area contributed by atoms with Gasteiger partial charge in [-0.3, -0.25) is 0 Å². The molecular formula is C13H22N2O3S. The normalized spacial score (nSPS) is 28.5. The van der Waals surface area contributed by atoms with Crippen molar-refractivity contribution >= 4 is 10.0 Å². The van der Waals surface area contributed by atoms with Crippen LogP contribution in [0.1, 0.15) is 44.6 Å². The highest BCUT2D eigenvalue weighted by Gasteiger charge is 2.30. The van der Waals surface area contributed by atoms with Crippen LogP contribution in [-0.2, 0) is 15.8 Å². The molecule has 19 heavy (non-hydrogen) atoms. The molecule has 0 radical (unpaired) electrons. The van der Waals surface area contributed by atoms with Gasteiger partial charge in [-0.1, -0.05) is 31.8 Å². The number of nitrogens with zero attached hydrogens (tertiary/aromatic N) is 1. The molecule has 2 rings (SSSR count). The van der Waals surface area contributed by atoms with Gasteiger partial charge in [0, 0.05) is 12.1 Å². The fourth-order valence-electron chi connectivity index (χ4n) is 2.70. The van der Waals surface area contributed by atoms with Crippen molar-refractivity contribution < 1.29 is 12.9 Å². The summed E-state index contributed by atoms with van der Waals surface area (Å²) in [5.74, 6) is 1.46. The molecule has 3 atom stereocenters. The van der Waals surface area contributed by atoms with Gasteiger partial charge in [0.15, 0.2) is 0 Å². The molecule has 0 aliphatic heterocycles. The van der Waals surface area contributed by atoms with Crippen LogP contribution in [0.15, 0.2) is 10.6 Å². The van der Waals surface area contributed by atoms with E-state index < -0.39 is 10.0 Å². The van der Waals surface area contributed by atoms with Crippen molar-refractivity contribution in [1.82, 2.24) is 9.88 Å². The summed E-state index contributed by atoms with van der Waals surface area (Å²) >= 11 is 0. The summed E-state index contributed by atoms with van der Waals surface area (Å²) in [6, 6.07) is 1.70. The SMILES string of the molecule is Cc1cc(CS(=O)(=O)NC2CCCC(C)C2C)no1. The van der Waals surface area contributed by atoms with Crippen LogP contribution >= 0.6 is 0 Å². The molecule has 1 saturated carbocycles. The molecule has 3 unspecified atom stereocenters. The van der Waals surface area contributed by atoms with Crippen molar-refractivity contribution in [3.63, 3.8) is 0 Å². The van der Waals surface area contributed by atoms with Gasteiger partial charge in [-0.05, 0) is 25.2 Å². The second-order valence-corrected chi connectivity index (χ2v) is 7.43. The van der Waals surface area contributed by atoms with Gasteiger partial charge in [0.05, 0.1) is 0 Å². The van der Waals surface area contributed by atoms with Crippen LogP contribution < -0.4 is 4.72 Å². The predicted molar refractivity (Wildman–Crippen MR) is 73.0 cm³/mol. The Morgan fingerprint density at radius 2 is 2.16 bits per heavy atom. The molecule has 1 heterocycles. The van der Waals surface area contributed by atoms with Crippen LogP contribution in [-0.4, -0.2) is 19.6 Å². The van der Waals surface area contributed by atoms with Crippen LogP contribution in [0.4, 0.5) is 0 Å². The Hall–Kier alpha value is -0.880. The van der Waals surface area contributed by atoms with Gasteiger partial charge in [-0.15, -0.1) is 0 Å². The maximum atomic E-state index is 12.1. The highest BCUT2D eigenvalue weighted by molar-refractivity contribution is 7.88. The summed E-state index contributed by atoms with van der Waals surface area (Å²) in [6.45, 7) is 6.06. The Balaban J connectivity index is 2.00. The molecule has 0 spiro atoms. The second-order valence-electron chi connectivity index (χ2n) is 5.68. The van der Waals surface area contributed by atoms with Gasteiger partial charge in [0.25, 0.3) is 0 Å². The number of aryl methyl sites for hydroxylation is 1. The van der Waals surface area contributed by atoms with E-state index in [1.54, 1.807) is 13.0 Å². The van der Waals surface area contributed by atoms with E-state index in [0.29, 0.717) is 23.3 Å². The average molecular weight is 286 g/mol. The number of rotatable bonds is 4. The smallest absolute Gasteiger partial charge is 0.217 e. The van der Waals surface area contributed by atoms with Crippen molar-refractivity contribution in [3.8, 4) is 0 Å². The van der Waals surface area contributed by atoms with Gasteiger partial charge in [-0.25, -0.2) is 13.1 Å². The molecule has 108 valence electrons. The largest absolute Gasteiger partial charge is 0.361 e. The quantitative estimate of drug-likeness (QED) is 0.921. The fraction of sp³-hybridized carbons (Fsp3) is 0.769. The second kappa shape index (κ2) is 5.63. The van der Waals surface area contributed by atoms with Crippen LogP contribution in [0.3, 0.4) is 0 Å². The van der Waals surface area contributed by atoms with Gasteiger partial charge >= 0.3 is 0 Å². The number of sulfonamides is 1. The fourth-order valence-corrected chi connectivity index (χ4v) is 4.10. The van der Waals surface area contributed by atoms with E-state index >= 15 is 0 Å². The highest BCUT2D eigenvalue weighted by atomic mass is 32.2. The average Bonchev–Trinajstić information content (AvgIpc) is 2.69. The Morgan fingerprint density at radius 1 is 1.42 bits per heavy atom. The maximum absolute atomic E-state index is 12.1. The molecule has 5 nitrogen and oxygen atoms in total. The first-order chi connectivity index (χ1) is 8.87. The van der Waals surface area contributed by atoms with E-state index in [0.717, 1.165) is 12.8 Å². The summed E-state index contributed by atoms with van der Waals surface area (Å²) in [5, 5.41) is 3.73. The number of aromatic nitrogens is 1. The third-order valence-electron chi connectivity index (χ3n) is 4.05. The van der Waals surface area contributed by atoms with Crippen molar-refractivity contribution in [2.45, 2.75) is 51.8 Å². The monoisotopic (exact) mass is 286 g/mol. The lowest BCUT2D eigenvalue weighted by molar-refractivity contribution is 0.227. The van der Waals surface area contributed by atoms with Gasteiger partial charge in [-0.2, -0.15) is 0 Å². The zero-order valence-electron chi connectivity index (χ0n) is 11.7. The predicted octanol–water partition coefficient (Wildman–Crippen LogP) is 2.23. The lowest BCUT2D eigenvalue weighted by Gasteiger charge is -2.34. The lowest BCUT2D eigenvalue weighted by Crippen LogP contribution is -2.44. The molecular weight excluding hydrogens is 264 g/mol. The molecule has 6 heteroatoms. The molecule has 1 aliphatic rings. The van der Waals surface area contributed by atoms with E-state index in [4.69, 9.17) is 4.52 Å². The van der Waals surface area contributed by atoms with Gasteiger partial charge < -0.3 is 4.52 Å². The van der Waals surface area contributed by atoms with E-state index in [2.05, 4.69) is 23.7 Å². The molecule has 1 fully saturated rings. The number of nitrogens with one attached hydrogen (secondary N) is 1. The molecule has 0 aromatic carbocycles. The van der Waals surface area contributed by atoms with Crippen molar-refractivity contribution in [1.29, 1.82) is 0 Å². The maximum Gasteiger partial charge on any atom is 0.217 e. The lowest BCUT2D eigenvalue weighted by atomic mass is 9.78. The van der Waals surface area contributed by atoms with Crippen molar-refractivity contribution in [2.24, 2.45) is 11.8 Å². The molecule has 1 aromatic heterocycles. The van der Waals surface area contributed by atoms with Gasteiger partial charge in [0.2, 0.25) is 10.0 Å². The summed E-state index contributed by atoms with van der Waals surface area (Å²) in [7, 11) is -3.35. The van der Waals surface area contributed by atoms with E-state index in [9.17, 15) is 8.42 Å². The van der Waals surface area contributed by atoms with Crippen LogP contribution in [0, 0.1) is 18.8 Å². The molecule has 1 aliphatic carbocycles. The molecule has 0 saturated heterocycles. The highest BCUT2D eigenvalue weighted by Crippen LogP contribution is 2.30. The molecule has 1 aromatic rings. The van der Waals surface area contributed by atoms with Crippen LogP contribution in [0.25, 0.3) is 0 Å². The van der Waals surface area contributed by atoms with E-state index in [1.807, 2.05) is 0 Å². The Morgan fingerprint density at radius 3 is 2.79 bits per heavy atom. The third kappa shape index (κ3) is 3.79. The Kier molecular flexibility index (Phi) is 4.30. The minimum Gasteiger partial charge on any atom is -0.361 e. The van der Waals surface area contributed by atoms with E-state index in [-0.39, 0.29) is 11.8 Å². The third-order valence-corrected chi connectivity index (χ3v) is 5.39. The molecule has 1 N–H and O–H groups in total. The first-order valence-electron chi connectivity index (χ1n) is 6.79. The minimum absolute atomic E-state index is 0.0433. The standard InChI is InChI=1S/C13H22N2O3S/c1-9-5-4-6-13(11(9)3)15-19(16,17)8-12-7-10(2)18-14-12/h7,9,11,13,15H,4-6,8H2,1-3H3. The summed E-state index contributed by atoms with van der Waals surface area (Å²) in [5.41, 5.74) is 0.460. The van der Waals surface area contributed by atoms with Crippen molar-refractivity contribution in [2.75, 3.05) is 0 Å². The zero-order valence-corrected chi connectivity index (χ0v) is 12.5. The summed E-state index contributed by atoms with van der Waals surface area (Å²) in [4.78, 5) is 0. The zero-order chi connectivity index (χ0) is 14.0. The number of hydrogen-bond donors (Lipinski definition) is 1. The Bertz CT molecular complexity index is 524. The Labute approximate surface area is 114 Å². The summed E-state index contributed by atoms with van der Waals surface area (Å²) < 4.78 is 32.0. The summed E-state index contributed by atoms with van der Waals surface area (Å²) in [6.07, 6.45) is 3.19. The topological polar surface area (TPSA) is 72.2 Å². The van der Waals surface area contributed by atoms with Crippen molar-refractivity contribution in [3.05, 3.63) is 17.5 Å². The van der Waals surface area contributed by atoms with E-state index in [1.165, 1.54) is 6.42 Å². The minimum atomic E-state index is -3.35. The first kappa shape index (κ1) is 14.5.